The van der Waals surface area contributed by atoms with E-state index < -0.39 is 28.5 Å². The number of aryl methyl sites for hydroxylation is 1. The number of anilines is 1. The Morgan fingerprint density at radius 1 is 0.949 bits per heavy atom. The largest absolute Gasteiger partial charge is 0.352 e. The van der Waals surface area contributed by atoms with Crippen LogP contribution in [0.1, 0.15) is 38.3 Å². The predicted molar refractivity (Wildman–Crippen MR) is 157 cm³/mol. The topological polar surface area (TPSA) is 86.8 Å². The molecular weight excluding hydrogens is 557 g/mol. The molecule has 0 unspecified atom stereocenters. The molecule has 0 aliphatic rings. The highest BCUT2D eigenvalue weighted by Gasteiger charge is 2.34. The van der Waals surface area contributed by atoms with Gasteiger partial charge in [0.05, 0.1) is 10.6 Å². The van der Waals surface area contributed by atoms with Crippen molar-refractivity contribution >= 4 is 50.7 Å². The number of sulfonamides is 1. The number of benzene rings is 3. The van der Waals surface area contributed by atoms with Gasteiger partial charge in [0.2, 0.25) is 11.8 Å². The molecule has 0 saturated heterocycles. The van der Waals surface area contributed by atoms with Gasteiger partial charge in [0, 0.05) is 22.6 Å². The summed E-state index contributed by atoms with van der Waals surface area (Å²) in [6.07, 6.45) is 0.311. The van der Waals surface area contributed by atoms with Gasteiger partial charge in [-0.05, 0) is 68.7 Å². The zero-order valence-electron chi connectivity index (χ0n) is 22.4. The molecule has 3 aromatic carbocycles. The van der Waals surface area contributed by atoms with Gasteiger partial charge in [0.1, 0.15) is 12.6 Å². The van der Waals surface area contributed by atoms with Crippen molar-refractivity contribution in [1.82, 2.24) is 10.2 Å². The molecule has 0 saturated carbocycles. The first-order chi connectivity index (χ1) is 18.4. The van der Waals surface area contributed by atoms with Crippen LogP contribution in [0, 0.1) is 6.92 Å². The second-order valence-corrected chi connectivity index (χ2v) is 12.2. The Labute approximate surface area is 240 Å². The summed E-state index contributed by atoms with van der Waals surface area (Å²) < 4.78 is 28.8. The third kappa shape index (κ3) is 7.53. The van der Waals surface area contributed by atoms with Crippen LogP contribution in [0.25, 0.3) is 0 Å². The van der Waals surface area contributed by atoms with Crippen molar-refractivity contribution in [2.75, 3.05) is 10.8 Å². The van der Waals surface area contributed by atoms with Gasteiger partial charge in [-0.25, -0.2) is 8.42 Å². The highest BCUT2D eigenvalue weighted by Crippen LogP contribution is 2.28. The Bertz CT molecular complexity index is 1420. The molecule has 0 spiro atoms. The number of para-hydroxylation sites is 1. The average Bonchev–Trinajstić information content (AvgIpc) is 2.88. The molecule has 0 bridgehead atoms. The molecule has 3 rings (SSSR count). The van der Waals surface area contributed by atoms with Gasteiger partial charge in [-0.1, -0.05) is 72.6 Å². The Balaban J connectivity index is 2.09. The number of hydrogen-bond donors (Lipinski definition) is 1. The molecule has 3 aromatic rings. The first-order valence-electron chi connectivity index (χ1n) is 12.6. The van der Waals surface area contributed by atoms with Crippen LogP contribution in [0.4, 0.5) is 5.69 Å². The lowest BCUT2D eigenvalue weighted by atomic mass is 10.1. The molecule has 0 aliphatic heterocycles. The predicted octanol–water partition coefficient (Wildman–Crippen LogP) is 5.83. The van der Waals surface area contributed by atoms with E-state index in [1.54, 1.807) is 74.5 Å². The van der Waals surface area contributed by atoms with Crippen molar-refractivity contribution in [1.29, 1.82) is 0 Å². The van der Waals surface area contributed by atoms with Gasteiger partial charge in [0.25, 0.3) is 10.0 Å². The van der Waals surface area contributed by atoms with E-state index in [2.05, 4.69) is 5.32 Å². The molecule has 10 heteroatoms. The van der Waals surface area contributed by atoms with Crippen LogP contribution in [0.3, 0.4) is 0 Å². The number of amides is 2. The molecule has 0 heterocycles. The zero-order chi connectivity index (χ0) is 28.7. The van der Waals surface area contributed by atoms with E-state index in [1.165, 1.54) is 17.0 Å². The molecule has 0 radical (unpaired) electrons. The van der Waals surface area contributed by atoms with E-state index in [0.29, 0.717) is 33.3 Å². The van der Waals surface area contributed by atoms with Gasteiger partial charge >= 0.3 is 0 Å². The molecule has 208 valence electrons. The first kappa shape index (κ1) is 30.5. The Hall–Kier alpha value is -3.07. The van der Waals surface area contributed by atoms with Crippen molar-refractivity contribution < 1.29 is 18.0 Å². The van der Waals surface area contributed by atoms with Crippen LogP contribution >= 0.6 is 23.2 Å². The van der Waals surface area contributed by atoms with E-state index >= 15 is 0 Å². The standard InChI is InChI=1S/C29H33Cl2N3O4S/c1-5-26(29(36)32-20(2)3)33(18-22-15-16-23(30)17-25(22)31)28(35)19-34(27-14-10-9-11-21(27)4)39(37,38)24-12-7-6-8-13-24/h6-17,20,26H,5,18-19H2,1-4H3,(H,32,36)/t26-/m1/s1. The van der Waals surface area contributed by atoms with Crippen molar-refractivity contribution in [2.24, 2.45) is 0 Å². The summed E-state index contributed by atoms with van der Waals surface area (Å²) in [5.74, 6) is -0.881. The minimum atomic E-state index is -4.12. The minimum absolute atomic E-state index is 0.00808. The highest BCUT2D eigenvalue weighted by atomic mass is 35.5. The monoisotopic (exact) mass is 589 g/mol. The molecule has 0 aliphatic carbocycles. The van der Waals surface area contributed by atoms with Crippen LogP contribution in [0.2, 0.25) is 10.0 Å². The lowest BCUT2D eigenvalue weighted by Gasteiger charge is -2.34. The maximum atomic E-state index is 14.1. The lowest BCUT2D eigenvalue weighted by Crippen LogP contribution is -2.53. The van der Waals surface area contributed by atoms with E-state index in [9.17, 15) is 18.0 Å². The van der Waals surface area contributed by atoms with Gasteiger partial charge in [-0.3, -0.25) is 13.9 Å². The Kier molecular flexibility index (Phi) is 10.4. The smallest absolute Gasteiger partial charge is 0.264 e. The molecule has 7 nitrogen and oxygen atoms in total. The van der Waals surface area contributed by atoms with Crippen LogP contribution in [-0.4, -0.2) is 43.8 Å². The molecule has 0 fully saturated rings. The van der Waals surface area contributed by atoms with E-state index in [1.807, 2.05) is 13.8 Å². The summed E-state index contributed by atoms with van der Waals surface area (Å²) in [6.45, 7) is 6.72. The molecular formula is C29H33Cl2N3O4S. The molecule has 2 amide bonds. The summed E-state index contributed by atoms with van der Waals surface area (Å²) in [4.78, 5) is 28.7. The maximum absolute atomic E-state index is 14.1. The minimum Gasteiger partial charge on any atom is -0.352 e. The second kappa shape index (κ2) is 13.3. The number of halogens is 2. The third-order valence-corrected chi connectivity index (χ3v) is 8.53. The molecule has 1 N–H and O–H groups in total. The van der Waals surface area contributed by atoms with Gasteiger partial charge in [-0.2, -0.15) is 0 Å². The summed E-state index contributed by atoms with van der Waals surface area (Å²) in [5.41, 5.74) is 1.64. The van der Waals surface area contributed by atoms with Gasteiger partial charge in [0.15, 0.2) is 0 Å². The van der Waals surface area contributed by atoms with Crippen molar-refractivity contribution in [2.45, 2.75) is 57.6 Å². The van der Waals surface area contributed by atoms with Crippen LogP contribution in [-0.2, 0) is 26.2 Å². The SMILES string of the molecule is CC[C@H](C(=O)NC(C)C)N(Cc1ccc(Cl)cc1Cl)C(=O)CN(c1ccccc1C)S(=O)(=O)c1ccccc1. The van der Waals surface area contributed by atoms with Crippen LogP contribution in [0.5, 0.6) is 0 Å². The number of nitrogens with one attached hydrogen (secondary N) is 1. The average molecular weight is 591 g/mol. The fourth-order valence-corrected chi connectivity index (χ4v) is 6.18. The summed E-state index contributed by atoms with van der Waals surface area (Å²) >= 11 is 12.5. The van der Waals surface area contributed by atoms with Gasteiger partial charge < -0.3 is 10.2 Å². The summed E-state index contributed by atoms with van der Waals surface area (Å²) in [6, 6.07) is 18.8. The quantitative estimate of drug-likeness (QED) is 0.305. The number of carbonyl (C=O) groups is 2. The van der Waals surface area contributed by atoms with Crippen LogP contribution in [0.15, 0.2) is 77.7 Å². The molecule has 0 aromatic heterocycles. The van der Waals surface area contributed by atoms with Crippen LogP contribution < -0.4 is 9.62 Å². The van der Waals surface area contributed by atoms with Crippen molar-refractivity contribution in [3.05, 3.63) is 94.0 Å². The third-order valence-electron chi connectivity index (χ3n) is 6.17. The molecule has 39 heavy (non-hydrogen) atoms. The van der Waals surface area contributed by atoms with E-state index in [-0.39, 0.29) is 23.4 Å². The molecule has 1 atom stereocenters. The number of carbonyl (C=O) groups excluding carboxylic acids is 2. The summed E-state index contributed by atoms with van der Waals surface area (Å²) in [7, 11) is -4.12. The maximum Gasteiger partial charge on any atom is 0.264 e. The first-order valence-corrected chi connectivity index (χ1v) is 14.8. The summed E-state index contributed by atoms with van der Waals surface area (Å²) in [5, 5.41) is 3.65. The Morgan fingerprint density at radius 3 is 2.18 bits per heavy atom. The lowest BCUT2D eigenvalue weighted by molar-refractivity contribution is -0.140. The van der Waals surface area contributed by atoms with Crippen molar-refractivity contribution in [3.63, 3.8) is 0 Å². The number of rotatable bonds is 11. The number of hydrogen-bond acceptors (Lipinski definition) is 4. The van der Waals surface area contributed by atoms with Gasteiger partial charge in [-0.15, -0.1) is 0 Å². The second-order valence-electron chi connectivity index (χ2n) is 9.46. The fourth-order valence-electron chi connectivity index (χ4n) is 4.21. The highest BCUT2D eigenvalue weighted by molar-refractivity contribution is 7.92. The van der Waals surface area contributed by atoms with Crippen molar-refractivity contribution in [3.8, 4) is 0 Å². The fraction of sp³-hybridized carbons (Fsp3) is 0.310. The van der Waals surface area contributed by atoms with E-state index in [4.69, 9.17) is 23.2 Å². The Morgan fingerprint density at radius 2 is 1.59 bits per heavy atom. The van der Waals surface area contributed by atoms with E-state index in [0.717, 1.165) is 4.31 Å². The number of nitrogens with zero attached hydrogens (tertiary/aromatic N) is 2. The normalized spacial score (nSPS) is 12.2. The zero-order valence-corrected chi connectivity index (χ0v) is 24.7.